The molecule has 0 spiro atoms. The van der Waals surface area contributed by atoms with Crippen LogP contribution in [0.5, 0.6) is 0 Å². The number of likely N-dealkylation sites (N-methyl/N-ethyl adjacent to an activating group) is 1. The number of aryl methyl sites for hydroxylation is 2. The quantitative estimate of drug-likeness (QED) is 0.868. The molecule has 1 N–H and O–H groups in total. The van der Waals surface area contributed by atoms with Crippen molar-refractivity contribution in [1.29, 1.82) is 0 Å². The Hall–Kier alpha value is -0.830. The van der Waals surface area contributed by atoms with Crippen molar-refractivity contribution >= 4 is 22.9 Å². The Balaban J connectivity index is 2.19. The highest BCUT2D eigenvalue weighted by atomic mass is 35.5. The summed E-state index contributed by atoms with van der Waals surface area (Å²) >= 11 is 7.79. The SMILES string of the molecule is CNC(Cc1ccc(Cl)cc1)c1sc(C)cc1C. The van der Waals surface area contributed by atoms with E-state index in [1.165, 1.54) is 20.9 Å². The smallest absolute Gasteiger partial charge is 0.0456 e. The molecule has 0 aliphatic rings. The van der Waals surface area contributed by atoms with Crippen molar-refractivity contribution in [3.8, 4) is 0 Å². The van der Waals surface area contributed by atoms with Crippen molar-refractivity contribution < 1.29 is 0 Å². The molecule has 0 bridgehead atoms. The minimum atomic E-state index is 0.380. The van der Waals surface area contributed by atoms with Gasteiger partial charge in [0.2, 0.25) is 0 Å². The summed E-state index contributed by atoms with van der Waals surface area (Å²) in [5, 5.41) is 4.21. The zero-order chi connectivity index (χ0) is 13.1. The first-order valence-corrected chi connectivity index (χ1v) is 7.28. The van der Waals surface area contributed by atoms with E-state index < -0.39 is 0 Å². The first-order chi connectivity index (χ1) is 8.60. The van der Waals surface area contributed by atoms with Crippen LogP contribution in [0.15, 0.2) is 30.3 Å². The molecule has 18 heavy (non-hydrogen) atoms. The highest BCUT2D eigenvalue weighted by molar-refractivity contribution is 7.12. The summed E-state index contributed by atoms with van der Waals surface area (Å²) < 4.78 is 0. The Kier molecular flexibility index (Phi) is 4.44. The molecule has 0 radical (unpaired) electrons. The largest absolute Gasteiger partial charge is 0.312 e. The second-order valence-corrected chi connectivity index (χ2v) is 6.30. The van der Waals surface area contributed by atoms with E-state index in [1.807, 2.05) is 30.5 Å². The van der Waals surface area contributed by atoms with Gasteiger partial charge < -0.3 is 5.32 Å². The highest BCUT2D eigenvalue weighted by Gasteiger charge is 2.15. The average molecular weight is 280 g/mol. The van der Waals surface area contributed by atoms with Gasteiger partial charge in [0.25, 0.3) is 0 Å². The van der Waals surface area contributed by atoms with E-state index in [1.54, 1.807) is 0 Å². The monoisotopic (exact) mass is 279 g/mol. The van der Waals surface area contributed by atoms with Crippen LogP contribution in [0.4, 0.5) is 0 Å². The minimum Gasteiger partial charge on any atom is -0.312 e. The molecule has 0 saturated carbocycles. The summed E-state index contributed by atoms with van der Waals surface area (Å²) in [6.07, 6.45) is 0.995. The second kappa shape index (κ2) is 5.87. The molecule has 2 rings (SSSR count). The second-order valence-electron chi connectivity index (χ2n) is 4.58. The number of thiophene rings is 1. The Morgan fingerprint density at radius 1 is 1.22 bits per heavy atom. The highest BCUT2D eigenvalue weighted by Crippen LogP contribution is 2.29. The van der Waals surface area contributed by atoms with E-state index in [4.69, 9.17) is 11.6 Å². The normalized spacial score (nSPS) is 12.7. The molecule has 0 amide bonds. The lowest BCUT2D eigenvalue weighted by Gasteiger charge is -2.16. The van der Waals surface area contributed by atoms with Gasteiger partial charge in [0.1, 0.15) is 0 Å². The van der Waals surface area contributed by atoms with Crippen molar-refractivity contribution in [1.82, 2.24) is 5.32 Å². The van der Waals surface area contributed by atoms with E-state index in [-0.39, 0.29) is 0 Å². The number of benzene rings is 1. The fourth-order valence-electron chi connectivity index (χ4n) is 2.19. The predicted molar refractivity (Wildman–Crippen MR) is 80.7 cm³/mol. The van der Waals surface area contributed by atoms with Gasteiger partial charge in [0.05, 0.1) is 0 Å². The van der Waals surface area contributed by atoms with Gasteiger partial charge in [-0.05, 0) is 56.6 Å². The molecule has 96 valence electrons. The minimum absolute atomic E-state index is 0.380. The molecule has 0 fully saturated rings. The maximum atomic E-state index is 5.91. The van der Waals surface area contributed by atoms with Crippen LogP contribution in [0.1, 0.15) is 26.9 Å². The molecule has 0 aliphatic heterocycles. The maximum absolute atomic E-state index is 5.91. The molecular weight excluding hydrogens is 262 g/mol. The van der Waals surface area contributed by atoms with Crippen molar-refractivity contribution in [3.63, 3.8) is 0 Å². The van der Waals surface area contributed by atoms with Gasteiger partial charge in [-0.1, -0.05) is 23.7 Å². The Morgan fingerprint density at radius 3 is 2.39 bits per heavy atom. The number of halogens is 1. The van der Waals surface area contributed by atoms with Gasteiger partial charge in [-0.2, -0.15) is 0 Å². The van der Waals surface area contributed by atoms with Gasteiger partial charge in [-0.25, -0.2) is 0 Å². The summed E-state index contributed by atoms with van der Waals surface area (Å²) in [6.45, 7) is 4.35. The van der Waals surface area contributed by atoms with E-state index in [0.717, 1.165) is 11.4 Å². The van der Waals surface area contributed by atoms with Gasteiger partial charge in [-0.15, -0.1) is 11.3 Å². The molecule has 2 aromatic rings. The lowest BCUT2D eigenvalue weighted by atomic mass is 10.0. The predicted octanol–water partition coefficient (Wildman–Crippen LogP) is 4.52. The molecule has 0 saturated heterocycles. The number of rotatable bonds is 4. The molecule has 1 heterocycles. The third-order valence-electron chi connectivity index (χ3n) is 3.10. The van der Waals surface area contributed by atoms with Gasteiger partial charge in [0, 0.05) is 20.8 Å². The van der Waals surface area contributed by atoms with Crippen LogP contribution in [-0.4, -0.2) is 7.05 Å². The molecule has 3 heteroatoms. The van der Waals surface area contributed by atoms with Crippen molar-refractivity contribution in [2.75, 3.05) is 7.05 Å². The number of hydrogen-bond acceptors (Lipinski definition) is 2. The molecule has 1 nitrogen and oxygen atoms in total. The molecule has 1 aromatic carbocycles. The van der Waals surface area contributed by atoms with Crippen LogP contribution < -0.4 is 5.32 Å². The van der Waals surface area contributed by atoms with Crippen LogP contribution in [0, 0.1) is 13.8 Å². The maximum Gasteiger partial charge on any atom is 0.0456 e. The van der Waals surface area contributed by atoms with Crippen LogP contribution in [0.2, 0.25) is 5.02 Å². The van der Waals surface area contributed by atoms with Crippen molar-refractivity contribution in [3.05, 3.63) is 56.2 Å². The third kappa shape index (κ3) is 3.14. The summed E-state index contributed by atoms with van der Waals surface area (Å²) in [5.41, 5.74) is 2.69. The van der Waals surface area contributed by atoms with Crippen LogP contribution >= 0.6 is 22.9 Å². The van der Waals surface area contributed by atoms with Crippen LogP contribution in [-0.2, 0) is 6.42 Å². The molecular formula is C15H18ClNS. The summed E-state index contributed by atoms with van der Waals surface area (Å²) in [6, 6.07) is 10.7. The summed E-state index contributed by atoms with van der Waals surface area (Å²) in [5.74, 6) is 0. The summed E-state index contributed by atoms with van der Waals surface area (Å²) in [4.78, 5) is 2.81. The van der Waals surface area contributed by atoms with Gasteiger partial charge in [-0.3, -0.25) is 0 Å². The zero-order valence-corrected chi connectivity index (χ0v) is 12.5. The fourth-order valence-corrected chi connectivity index (χ4v) is 3.46. The standard InChI is InChI=1S/C15H18ClNS/c1-10-8-11(2)18-15(10)14(17-3)9-12-4-6-13(16)7-5-12/h4-8,14,17H,9H2,1-3H3. The molecule has 1 aromatic heterocycles. The van der Waals surface area contributed by atoms with Gasteiger partial charge >= 0.3 is 0 Å². The fraction of sp³-hybridized carbons (Fsp3) is 0.333. The first kappa shape index (κ1) is 13.6. The van der Waals surface area contributed by atoms with E-state index in [0.29, 0.717) is 6.04 Å². The van der Waals surface area contributed by atoms with Crippen molar-refractivity contribution in [2.24, 2.45) is 0 Å². The molecule has 1 unspecified atom stereocenters. The first-order valence-electron chi connectivity index (χ1n) is 6.09. The Bertz CT molecular complexity index is 516. The zero-order valence-electron chi connectivity index (χ0n) is 11.0. The number of nitrogens with one attached hydrogen (secondary N) is 1. The lowest BCUT2D eigenvalue weighted by molar-refractivity contribution is 0.599. The lowest BCUT2D eigenvalue weighted by Crippen LogP contribution is -2.18. The average Bonchev–Trinajstić information content (AvgIpc) is 2.68. The third-order valence-corrected chi connectivity index (χ3v) is 4.62. The van der Waals surface area contributed by atoms with E-state index in [2.05, 4.69) is 37.4 Å². The van der Waals surface area contributed by atoms with Crippen LogP contribution in [0.3, 0.4) is 0 Å². The Morgan fingerprint density at radius 2 is 1.89 bits per heavy atom. The summed E-state index contributed by atoms with van der Waals surface area (Å²) in [7, 11) is 2.02. The van der Waals surface area contributed by atoms with E-state index in [9.17, 15) is 0 Å². The van der Waals surface area contributed by atoms with Crippen molar-refractivity contribution in [2.45, 2.75) is 26.3 Å². The van der Waals surface area contributed by atoms with E-state index >= 15 is 0 Å². The molecule has 0 aliphatic carbocycles. The van der Waals surface area contributed by atoms with Crippen LogP contribution in [0.25, 0.3) is 0 Å². The topological polar surface area (TPSA) is 12.0 Å². The molecule has 1 atom stereocenters. The van der Waals surface area contributed by atoms with Gasteiger partial charge in [0.15, 0.2) is 0 Å². The number of hydrogen-bond donors (Lipinski definition) is 1. The Labute approximate surface area is 118 Å².